The summed E-state index contributed by atoms with van der Waals surface area (Å²) in [5.74, 6) is 0. The Bertz CT molecular complexity index is 511. The highest BCUT2D eigenvalue weighted by molar-refractivity contribution is 9.10. The Hall–Kier alpha value is -0.430. The molecular formula is C11H14BrNO3S. The van der Waals surface area contributed by atoms with E-state index >= 15 is 0 Å². The summed E-state index contributed by atoms with van der Waals surface area (Å²) in [4.78, 5) is 0.197. The van der Waals surface area contributed by atoms with Gasteiger partial charge in [0.2, 0.25) is 10.0 Å². The van der Waals surface area contributed by atoms with E-state index in [0.29, 0.717) is 17.3 Å². The number of hydrogen-bond donors (Lipinski definition) is 2. The fourth-order valence-corrected chi connectivity index (χ4v) is 3.85. The first-order valence-electron chi connectivity index (χ1n) is 5.40. The molecule has 1 aromatic carbocycles. The normalized spacial score (nSPS) is 18.7. The van der Waals surface area contributed by atoms with Crippen molar-refractivity contribution in [3.05, 3.63) is 28.7 Å². The van der Waals surface area contributed by atoms with Crippen LogP contribution in [0.3, 0.4) is 0 Å². The molecule has 1 aliphatic carbocycles. The molecule has 0 aliphatic heterocycles. The van der Waals surface area contributed by atoms with E-state index in [4.69, 9.17) is 0 Å². The molecule has 0 unspecified atom stereocenters. The number of sulfonamides is 1. The van der Waals surface area contributed by atoms with E-state index < -0.39 is 15.6 Å². The lowest BCUT2D eigenvalue weighted by atomic mass is 9.81. The highest BCUT2D eigenvalue weighted by Crippen LogP contribution is 2.31. The minimum atomic E-state index is -3.56. The van der Waals surface area contributed by atoms with Crippen LogP contribution in [0.4, 0.5) is 0 Å². The summed E-state index contributed by atoms with van der Waals surface area (Å²) >= 11 is 3.20. The SMILES string of the molecule is O=S(=O)(NCC1(O)CCC1)c1ccccc1Br. The smallest absolute Gasteiger partial charge is 0.241 e. The Labute approximate surface area is 109 Å². The van der Waals surface area contributed by atoms with Gasteiger partial charge in [-0.1, -0.05) is 12.1 Å². The number of rotatable bonds is 4. The second kappa shape index (κ2) is 4.68. The first-order valence-corrected chi connectivity index (χ1v) is 7.67. The lowest BCUT2D eigenvalue weighted by Gasteiger charge is -2.36. The molecule has 4 nitrogen and oxygen atoms in total. The van der Waals surface area contributed by atoms with E-state index in [1.165, 1.54) is 6.07 Å². The molecule has 1 aliphatic rings. The Morgan fingerprint density at radius 1 is 1.35 bits per heavy atom. The molecule has 0 bridgehead atoms. The highest BCUT2D eigenvalue weighted by atomic mass is 79.9. The molecular weight excluding hydrogens is 306 g/mol. The highest BCUT2D eigenvalue weighted by Gasteiger charge is 2.35. The molecule has 1 aromatic rings. The largest absolute Gasteiger partial charge is 0.389 e. The molecule has 0 spiro atoms. The molecule has 1 fully saturated rings. The van der Waals surface area contributed by atoms with Crippen molar-refractivity contribution in [2.75, 3.05) is 6.54 Å². The first-order chi connectivity index (χ1) is 7.93. The summed E-state index contributed by atoms with van der Waals surface area (Å²) in [7, 11) is -3.56. The van der Waals surface area contributed by atoms with Gasteiger partial charge in [-0.2, -0.15) is 0 Å². The van der Waals surface area contributed by atoms with Crippen LogP contribution in [-0.4, -0.2) is 25.7 Å². The van der Waals surface area contributed by atoms with Crippen LogP contribution in [-0.2, 0) is 10.0 Å². The van der Waals surface area contributed by atoms with Crippen molar-refractivity contribution < 1.29 is 13.5 Å². The van der Waals surface area contributed by atoms with Gasteiger partial charge in [0.1, 0.15) is 0 Å². The van der Waals surface area contributed by atoms with Crippen LogP contribution >= 0.6 is 15.9 Å². The van der Waals surface area contributed by atoms with Crippen molar-refractivity contribution in [3.8, 4) is 0 Å². The second-order valence-corrected chi connectivity index (χ2v) is 6.92. The molecule has 0 saturated heterocycles. The average molecular weight is 320 g/mol. The minimum absolute atomic E-state index is 0.0800. The average Bonchev–Trinajstić information content (AvgIpc) is 2.24. The van der Waals surface area contributed by atoms with Crippen LogP contribution in [0.15, 0.2) is 33.6 Å². The van der Waals surface area contributed by atoms with Gasteiger partial charge in [0.05, 0.1) is 10.5 Å². The summed E-state index contributed by atoms with van der Waals surface area (Å²) in [5.41, 5.74) is -0.853. The zero-order valence-electron chi connectivity index (χ0n) is 9.19. The van der Waals surface area contributed by atoms with Gasteiger partial charge in [-0.15, -0.1) is 0 Å². The Kier molecular flexibility index (Phi) is 3.58. The molecule has 2 N–H and O–H groups in total. The molecule has 17 heavy (non-hydrogen) atoms. The monoisotopic (exact) mass is 319 g/mol. The second-order valence-electron chi connectivity index (χ2n) is 4.33. The molecule has 94 valence electrons. The summed E-state index contributed by atoms with van der Waals surface area (Å²) in [6.45, 7) is 0.0800. The molecule has 0 atom stereocenters. The Balaban J connectivity index is 2.12. The summed E-state index contributed by atoms with van der Waals surface area (Å²) in [6.07, 6.45) is 2.27. The van der Waals surface area contributed by atoms with Crippen LogP contribution in [0.1, 0.15) is 19.3 Å². The Morgan fingerprint density at radius 2 is 2.00 bits per heavy atom. The van der Waals surface area contributed by atoms with Crippen LogP contribution in [0.2, 0.25) is 0 Å². The van der Waals surface area contributed by atoms with Gasteiger partial charge in [-0.05, 0) is 47.3 Å². The zero-order chi connectivity index (χ0) is 12.5. The summed E-state index contributed by atoms with van der Waals surface area (Å²) in [5, 5.41) is 9.85. The third-order valence-electron chi connectivity index (χ3n) is 3.00. The molecule has 0 aromatic heterocycles. The number of halogens is 1. The van der Waals surface area contributed by atoms with Gasteiger partial charge in [0, 0.05) is 11.0 Å². The molecule has 0 amide bonds. The lowest BCUT2D eigenvalue weighted by molar-refractivity contribution is -0.0270. The van der Waals surface area contributed by atoms with Gasteiger partial charge in [-0.25, -0.2) is 13.1 Å². The van der Waals surface area contributed by atoms with Gasteiger partial charge < -0.3 is 5.11 Å². The van der Waals surface area contributed by atoms with Gasteiger partial charge in [0.15, 0.2) is 0 Å². The van der Waals surface area contributed by atoms with E-state index in [1.807, 2.05) is 0 Å². The van der Waals surface area contributed by atoms with Crippen molar-refractivity contribution in [1.82, 2.24) is 4.72 Å². The van der Waals surface area contributed by atoms with E-state index in [2.05, 4.69) is 20.7 Å². The van der Waals surface area contributed by atoms with Crippen molar-refractivity contribution in [1.29, 1.82) is 0 Å². The topological polar surface area (TPSA) is 66.4 Å². The molecule has 2 rings (SSSR count). The number of aliphatic hydroxyl groups is 1. The standard InChI is InChI=1S/C11H14BrNO3S/c12-9-4-1-2-5-10(9)17(15,16)13-8-11(14)6-3-7-11/h1-2,4-5,13-14H,3,6-8H2. The van der Waals surface area contributed by atoms with Crippen molar-refractivity contribution in [2.45, 2.75) is 29.8 Å². The van der Waals surface area contributed by atoms with Crippen molar-refractivity contribution in [2.24, 2.45) is 0 Å². The maximum atomic E-state index is 12.0. The molecule has 6 heteroatoms. The number of nitrogens with one attached hydrogen (secondary N) is 1. The fraction of sp³-hybridized carbons (Fsp3) is 0.455. The quantitative estimate of drug-likeness (QED) is 0.886. The maximum absolute atomic E-state index is 12.0. The summed E-state index contributed by atoms with van der Waals surface area (Å²) < 4.78 is 26.9. The number of hydrogen-bond acceptors (Lipinski definition) is 3. The molecule has 1 saturated carbocycles. The number of benzene rings is 1. The minimum Gasteiger partial charge on any atom is -0.389 e. The fourth-order valence-electron chi connectivity index (χ4n) is 1.73. The third-order valence-corrected chi connectivity index (χ3v) is 5.42. The summed E-state index contributed by atoms with van der Waals surface area (Å²) in [6, 6.07) is 6.61. The third kappa shape index (κ3) is 2.88. The van der Waals surface area contributed by atoms with Crippen LogP contribution in [0.5, 0.6) is 0 Å². The Morgan fingerprint density at radius 3 is 2.53 bits per heavy atom. The van der Waals surface area contributed by atoms with Crippen LogP contribution < -0.4 is 4.72 Å². The van der Waals surface area contributed by atoms with Crippen LogP contribution in [0, 0.1) is 0 Å². The van der Waals surface area contributed by atoms with Gasteiger partial charge in [0.25, 0.3) is 0 Å². The van der Waals surface area contributed by atoms with E-state index in [9.17, 15) is 13.5 Å². The molecule has 0 heterocycles. The van der Waals surface area contributed by atoms with Crippen LogP contribution in [0.25, 0.3) is 0 Å². The van der Waals surface area contributed by atoms with E-state index in [-0.39, 0.29) is 11.4 Å². The predicted molar refractivity (Wildman–Crippen MR) is 68.1 cm³/mol. The van der Waals surface area contributed by atoms with Crippen molar-refractivity contribution >= 4 is 26.0 Å². The maximum Gasteiger partial charge on any atom is 0.241 e. The molecule has 0 radical (unpaired) electrons. The predicted octanol–water partition coefficient (Wildman–Crippen LogP) is 1.64. The van der Waals surface area contributed by atoms with E-state index in [1.54, 1.807) is 18.2 Å². The lowest BCUT2D eigenvalue weighted by Crippen LogP contribution is -2.47. The van der Waals surface area contributed by atoms with E-state index in [0.717, 1.165) is 6.42 Å². The first kappa shape index (κ1) is 13.0. The van der Waals surface area contributed by atoms with Gasteiger partial charge in [-0.3, -0.25) is 0 Å². The van der Waals surface area contributed by atoms with Crippen molar-refractivity contribution in [3.63, 3.8) is 0 Å². The van der Waals surface area contributed by atoms with Gasteiger partial charge >= 0.3 is 0 Å². The zero-order valence-corrected chi connectivity index (χ0v) is 11.6.